The molecule has 2 N–H and O–H groups in total. The number of nitrogens with one attached hydrogen (secondary N) is 2. The number of hydrogen-bond donors (Lipinski definition) is 2. The Morgan fingerprint density at radius 3 is 2.76 bits per heavy atom. The zero-order valence-corrected chi connectivity index (χ0v) is 11.3. The van der Waals surface area contributed by atoms with Gasteiger partial charge in [-0.15, -0.1) is 12.4 Å². The first-order chi connectivity index (χ1) is 7.67. The predicted molar refractivity (Wildman–Crippen MR) is 71.0 cm³/mol. The van der Waals surface area contributed by atoms with E-state index in [1.54, 1.807) is 26.3 Å². The lowest BCUT2D eigenvalue weighted by Crippen LogP contribution is -2.31. The molecule has 0 spiro atoms. The summed E-state index contributed by atoms with van der Waals surface area (Å²) in [5, 5.41) is 6.16. The highest BCUT2D eigenvalue weighted by Crippen LogP contribution is 2.22. The molecule has 0 heterocycles. The number of methoxy groups -OCH3 is 1. The van der Waals surface area contributed by atoms with Gasteiger partial charge in [0, 0.05) is 17.1 Å². The molecule has 0 aliphatic rings. The Bertz CT molecular complexity index is 372. The lowest BCUT2D eigenvalue weighted by molar-refractivity contribution is -0.120. The van der Waals surface area contributed by atoms with Crippen LogP contribution in [0.4, 0.5) is 0 Å². The Hall–Kier alpha value is -0.970. The summed E-state index contributed by atoms with van der Waals surface area (Å²) in [6.45, 7) is 0.733. The zero-order valence-electron chi connectivity index (χ0n) is 9.75. The SMILES string of the molecule is CNCC(=O)NCc1ccc(Cl)cc1OC.Cl. The quantitative estimate of drug-likeness (QED) is 0.861. The normalized spacial score (nSPS) is 9.35. The molecular weight excluding hydrogens is 263 g/mol. The van der Waals surface area contributed by atoms with Crippen LogP contribution in [0.15, 0.2) is 18.2 Å². The van der Waals surface area contributed by atoms with Gasteiger partial charge in [0.2, 0.25) is 5.91 Å². The summed E-state index contributed by atoms with van der Waals surface area (Å²) in [5.74, 6) is 0.622. The Morgan fingerprint density at radius 2 is 2.18 bits per heavy atom. The first kappa shape index (κ1) is 16.0. The van der Waals surface area contributed by atoms with Gasteiger partial charge in [-0.05, 0) is 19.2 Å². The van der Waals surface area contributed by atoms with E-state index >= 15 is 0 Å². The molecule has 1 amide bonds. The Balaban J connectivity index is 0.00000256. The first-order valence-corrected chi connectivity index (χ1v) is 5.29. The summed E-state index contributed by atoms with van der Waals surface area (Å²) in [6, 6.07) is 5.32. The molecular formula is C11H16Cl2N2O2. The molecule has 0 saturated heterocycles. The van der Waals surface area contributed by atoms with Crippen LogP contribution in [-0.4, -0.2) is 26.6 Å². The molecule has 0 saturated carbocycles. The van der Waals surface area contributed by atoms with Crippen molar-refractivity contribution in [2.24, 2.45) is 0 Å². The van der Waals surface area contributed by atoms with Gasteiger partial charge in [-0.1, -0.05) is 17.7 Å². The van der Waals surface area contributed by atoms with Crippen LogP contribution in [0.3, 0.4) is 0 Å². The van der Waals surface area contributed by atoms with E-state index in [0.717, 1.165) is 5.56 Å². The molecule has 0 atom stereocenters. The molecule has 0 unspecified atom stereocenters. The molecule has 1 aromatic rings. The average Bonchev–Trinajstić information content (AvgIpc) is 2.27. The fourth-order valence-corrected chi connectivity index (χ4v) is 1.44. The van der Waals surface area contributed by atoms with Crippen LogP contribution in [0.25, 0.3) is 0 Å². The van der Waals surface area contributed by atoms with Crippen molar-refractivity contribution in [1.29, 1.82) is 0 Å². The molecule has 0 aliphatic heterocycles. The number of ether oxygens (including phenoxy) is 1. The van der Waals surface area contributed by atoms with Gasteiger partial charge in [0.05, 0.1) is 13.7 Å². The van der Waals surface area contributed by atoms with Crippen LogP contribution >= 0.6 is 24.0 Å². The predicted octanol–water partition coefficient (Wildman–Crippen LogP) is 1.61. The minimum Gasteiger partial charge on any atom is -0.496 e. The molecule has 0 fully saturated rings. The standard InChI is InChI=1S/C11H15ClN2O2.ClH/c1-13-7-11(15)14-6-8-3-4-9(12)5-10(8)16-2;/h3-5,13H,6-7H2,1-2H3,(H,14,15);1H. The van der Waals surface area contributed by atoms with Crippen LogP contribution in [0.5, 0.6) is 5.75 Å². The largest absolute Gasteiger partial charge is 0.496 e. The fourth-order valence-electron chi connectivity index (χ4n) is 1.28. The van der Waals surface area contributed by atoms with Crippen molar-refractivity contribution in [3.8, 4) is 5.75 Å². The number of carbonyl (C=O) groups is 1. The van der Waals surface area contributed by atoms with Crippen molar-refractivity contribution in [2.45, 2.75) is 6.54 Å². The van der Waals surface area contributed by atoms with Crippen LogP contribution in [-0.2, 0) is 11.3 Å². The van der Waals surface area contributed by atoms with E-state index in [0.29, 0.717) is 23.9 Å². The summed E-state index contributed by atoms with van der Waals surface area (Å²) in [7, 11) is 3.30. The number of halogens is 2. The second-order valence-electron chi connectivity index (χ2n) is 3.26. The van der Waals surface area contributed by atoms with Crippen molar-refractivity contribution in [3.05, 3.63) is 28.8 Å². The molecule has 6 heteroatoms. The van der Waals surface area contributed by atoms with E-state index < -0.39 is 0 Å². The molecule has 0 aliphatic carbocycles. The Labute approximate surface area is 112 Å². The maximum atomic E-state index is 11.2. The third-order valence-electron chi connectivity index (χ3n) is 2.06. The third kappa shape index (κ3) is 5.26. The Kier molecular flexibility index (Phi) is 7.70. The van der Waals surface area contributed by atoms with Gasteiger partial charge in [-0.25, -0.2) is 0 Å². The van der Waals surface area contributed by atoms with Gasteiger partial charge in [0.15, 0.2) is 0 Å². The van der Waals surface area contributed by atoms with Gasteiger partial charge in [0.25, 0.3) is 0 Å². The molecule has 0 radical (unpaired) electrons. The number of rotatable bonds is 5. The highest BCUT2D eigenvalue weighted by atomic mass is 35.5. The summed E-state index contributed by atoms with van der Waals surface area (Å²) < 4.78 is 5.17. The molecule has 1 aromatic carbocycles. The average molecular weight is 279 g/mol. The number of amides is 1. The number of carbonyl (C=O) groups excluding carboxylic acids is 1. The van der Waals surface area contributed by atoms with Crippen molar-refractivity contribution in [1.82, 2.24) is 10.6 Å². The monoisotopic (exact) mass is 278 g/mol. The minimum absolute atomic E-state index is 0. The van der Waals surface area contributed by atoms with Crippen LogP contribution < -0.4 is 15.4 Å². The summed E-state index contributed by atoms with van der Waals surface area (Å²) in [6.07, 6.45) is 0. The summed E-state index contributed by atoms with van der Waals surface area (Å²) >= 11 is 5.83. The summed E-state index contributed by atoms with van der Waals surface area (Å²) in [4.78, 5) is 11.2. The van der Waals surface area contributed by atoms with Gasteiger partial charge in [0.1, 0.15) is 5.75 Å². The maximum absolute atomic E-state index is 11.2. The molecule has 0 aromatic heterocycles. The van der Waals surface area contributed by atoms with Gasteiger partial charge >= 0.3 is 0 Å². The van der Waals surface area contributed by atoms with Gasteiger partial charge in [-0.3, -0.25) is 4.79 Å². The highest BCUT2D eigenvalue weighted by molar-refractivity contribution is 6.30. The van der Waals surface area contributed by atoms with Crippen molar-refractivity contribution < 1.29 is 9.53 Å². The second kappa shape index (κ2) is 8.17. The van der Waals surface area contributed by atoms with E-state index in [9.17, 15) is 4.79 Å². The third-order valence-corrected chi connectivity index (χ3v) is 2.30. The lowest BCUT2D eigenvalue weighted by Gasteiger charge is -2.09. The van der Waals surface area contributed by atoms with E-state index in [2.05, 4.69) is 10.6 Å². The first-order valence-electron chi connectivity index (χ1n) is 4.91. The van der Waals surface area contributed by atoms with Gasteiger partial charge in [-0.2, -0.15) is 0 Å². The molecule has 17 heavy (non-hydrogen) atoms. The van der Waals surface area contributed by atoms with E-state index in [1.165, 1.54) is 0 Å². The number of likely N-dealkylation sites (N-methyl/N-ethyl adjacent to an activating group) is 1. The number of benzene rings is 1. The van der Waals surface area contributed by atoms with E-state index in [-0.39, 0.29) is 18.3 Å². The van der Waals surface area contributed by atoms with Crippen molar-refractivity contribution >= 4 is 29.9 Å². The van der Waals surface area contributed by atoms with Gasteiger partial charge < -0.3 is 15.4 Å². The number of hydrogen-bond acceptors (Lipinski definition) is 3. The lowest BCUT2D eigenvalue weighted by atomic mass is 10.2. The van der Waals surface area contributed by atoms with E-state index in [4.69, 9.17) is 16.3 Å². The smallest absolute Gasteiger partial charge is 0.234 e. The molecule has 4 nitrogen and oxygen atoms in total. The minimum atomic E-state index is -0.0560. The molecule has 1 rings (SSSR count). The zero-order chi connectivity index (χ0) is 12.0. The van der Waals surface area contributed by atoms with Crippen LogP contribution in [0, 0.1) is 0 Å². The second-order valence-corrected chi connectivity index (χ2v) is 3.70. The summed E-state index contributed by atoms with van der Waals surface area (Å²) in [5.41, 5.74) is 0.899. The van der Waals surface area contributed by atoms with Crippen molar-refractivity contribution in [2.75, 3.05) is 20.7 Å². The van der Waals surface area contributed by atoms with Crippen LogP contribution in [0.1, 0.15) is 5.56 Å². The van der Waals surface area contributed by atoms with E-state index in [1.807, 2.05) is 6.07 Å². The fraction of sp³-hybridized carbons (Fsp3) is 0.364. The molecule has 96 valence electrons. The van der Waals surface area contributed by atoms with Crippen molar-refractivity contribution in [3.63, 3.8) is 0 Å². The highest BCUT2D eigenvalue weighted by Gasteiger charge is 2.05. The topological polar surface area (TPSA) is 50.4 Å². The Morgan fingerprint density at radius 1 is 1.47 bits per heavy atom. The van der Waals surface area contributed by atoms with Crippen LogP contribution in [0.2, 0.25) is 5.02 Å². The maximum Gasteiger partial charge on any atom is 0.234 e. The molecule has 0 bridgehead atoms.